The number of halogens is 1. The number of anilines is 1. The Balaban J connectivity index is 1.49. The van der Waals surface area contributed by atoms with Gasteiger partial charge in [0, 0.05) is 23.7 Å². The number of rotatable bonds is 7. The van der Waals surface area contributed by atoms with Crippen molar-refractivity contribution in [3.8, 4) is 0 Å². The minimum absolute atomic E-state index is 0.0507. The highest BCUT2D eigenvalue weighted by Gasteiger charge is 2.39. The highest BCUT2D eigenvalue weighted by atomic mass is 35.5. The molecule has 2 aromatic carbocycles. The first-order valence-corrected chi connectivity index (χ1v) is 13.0. The summed E-state index contributed by atoms with van der Waals surface area (Å²) >= 11 is 7.56. The van der Waals surface area contributed by atoms with Crippen molar-refractivity contribution in [3.05, 3.63) is 70.3 Å². The van der Waals surface area contributed by atoms with Crippen LogP contribution in [0.4, 0.5) is 11.4 Å². The molecule has 7 heteroatoms. The number of aliphatic imine (C=N–C) groups is 1. The number of aryl methyl sites for hydroxylation is 1. The minimum Gasteiger partial charge on any atom is -0.326 e. The molecule has 1 atom stereocenters. The van der Waals surface area contributed by atoms with E-state index in [1.807, 2.05) is 44.2 Å². The summed E-state index contributed by atoms with van der Waals surface area (Å²) in [5.74, 6) is -0.257. The zero-order chi connectivity index (χ0) is 24.1. The molecule has 0 radical (unpaired) electrons. The number of amidine groups is 1. The zero-order valence-electron chi connectivity index (χ0n) is 19.6. The Morgan fingerprint density at radius 1 is 1.18 bits per heavy atom. The molecule has 1 heterocycles. The summed E-state index contributed by atoms with van der Waals surface area (Å²) < 4.78 is 0. The number of amides is 2. The molecule has 4 rings (SSSR count). The number of allylic oxidation sites excluding steroid dienone is 1. The summed E-state index contributed by atoms with van der Waals surface area (Å²) in [6, 6.07) is 13.3. The average molecular weight is 496 g/mol. The van der Waals surface area contributed by atoms with Crippen molar-refractivity contribution in [2.24, 2.45) is 4.99 Å². The summed E-state index contributed by atoms with van der Waals surface area (Å²) in [6.45, 7) is 4.49. The van der Waals surface area contributed by atoms with Gasteiger partial charge in [0.15, 0.2) is 5.17 Å². The Morgan fingerprint density at radius 2 is 1.97 bits per heavy atom. The van der Waals surface area contributed by atoms with Crippen molar-refractivity contribution >= 4 is 51.7 Å². The third-order valence-electron chi connectivity index (χ3n) is 6.23. The number of carbonyl (C=O) groups excluding carboxylic acids is 2. The smallest absolute Gasteiger partial charge is 0.242 e. The fourth-order valence-corrected chi connectivity index (χ4v) is 5.52. The van der Waals surface area contributed by atoms with E-state index in [9.17, 15) is 9.59 Å². The number of hydrogen-bond donors (Lipinski definition) is 1. The average Bonchev–Trinajstić information content (AvgIpc) is 3.11. The van der Waals surface area contributed by atoms with Gasteiger partial charge in [0.25, 0.3) is 0 Å². The van der Waals surface area contributed by atoms with E-state index in [4.69, 9.17) is 16.6 Å². The highest BCUT2D eigenvalue weighted by Crippen LogP contribution is 2.33. The standard InChI is InChI=1S/C27H30ClN3O2S/c1-18-11-13-21(14-12-18)29-27-31(16-15-20-7-4-3-5-8-20)26(33)24(34-27)17-25(32)30-23-10-6-9-22(28)19(23)2/h6-7,9-14,24H,3-5,8,15-17H2,1-2H3,(H,30,32). The molecule has 2 aliphatic rings. The van der Waals surface area contributed by atoms with Crippen LogP contribution in [-0.2, 0) is 9.59 Å². The van der Waals surface area contributed by atoms with Crippen molar-refractivity contribution in [2.75, 3.05) is 11.9 Å². The van der Waals surface area contributed by atoms with Crippen LogP contribution in [-0.4, -0.2) is 33.7 Å². The van der Waals surface area contributed by atoms with Gasteiger partial charge in [-0.15, -0.1) is 0 Å². The van der Waals surface area contributed by atoms with Crippen LogP contribution in [0.1, 0.15) is 49.7 Å². The molecule has 0 saturated carbocycles. The van der Waals surface area contributed by atoms with Crippen LogP contribution in [0.15, 0.2) is 59.1 Å². The van der Waals surface area contributed by atoms with Gasteiger partial charge in [-0.1, -0.05) is 58.8 Å². The van der Waals surface area contributed by atoms with Crippen molar-refractivity contribution in [3.63, 3.8) is 0 Å². The SMILES string of the molecule is Cc1ccc(N=C2SC(CC(=O)Nc3cccc(Cl)c3C)C(=O)N2CCC2=CCCCC2)cc1. The predicted molar refractivity (Wildman–Crippen MR) is 142 cm³/mol. The van der Waals surface area contributed by atoms with Crippen LogP contribution in [0, 0.1) is 13.8 Å². The molecular formula is C27H30ClN3O2S. The summed E-state index contributed by atoms with van der Waals surface area (Å²) in [5, 5.41) is 3.68. The van der Waals surface area contributed by atoms with E-state index in [-0.39, 0.29) is 18.2 Å². The van der Waals surface area contributed by atoms with Crippen LogP contribution < -0.4 is 5.32 Å². The zero-order valence-corrected chi connectivity index (χ0v) is 21.2. The molecule has 2 amide bonds. The second-order valence-electron chi connectivity index (χ2n) is 8.85. The maximum absolute atomic E-state index is 13.3. The van der Waals surface area contributed by atoms with Crippen molar-refractivity contribution in [1.29, 1.82) is 0 Å². The van der Waals surface area contributed by atoms with Gasteiger partial charge in [-0.05, 0) is 75.8 Å². The Bertz CT molecular complexity index is 1130. The number of nitrogens with one attached hydrogen (secondary N) is 1. The number of benzene rings is 2. The molecule has 0 spiro atoms. The molecule has 1 aliphatic carbocycles. The van der Waals surface area contributed by atoms with Gasteiger partial charge >= 0.3 is 0 Å². The third kappa shape index (κ3) is 6.10. The van der Waals surface area contributed by atoms with E-state index < -0.39 is 5.25 Å². The first-order valence-electron chi connectivity index (χ1n) is 11.8. The molecule has 34 heavy (non-hydrogen) atoms. The van der Waals surface area contributed by atoms with E-state index in [1.54, 1.807) is 17.0 Å². The summed E-state index contributed by atoms with van der Waals surface area (Å²) in [6.07, 6.45) is 7.92. The lowest BCUT2D eigenvalue weighted by molar-refractivity contribution is -0.128. The molecule has 1 fully saturated rings. The van der Waals surface area contributed by atoms with Crippen LogP contribution >= 0.6 is 23.4 Å². The van der Waals surface area contributed by atoms with Crippen molar-refractivity contribution in [1.82, 2.24) is 4.90 Å². The Morgan fingerprint density at radius 3 is 2.71 bits per heavy atom. The van der Waals surface area contributed by atoms with Crippen LogP contribution in [0.25, 0.3) is 0 Å². The highest BCUT2D eigenvalue weighted by molar-refractivity contribution is 8.15. The van der Waals surface area contributed by atoms with Gasteiger partial charge in [-0.2, -0.15) is 0 Å². The topological polar surface area (TPSA) is 61.8 Å². The van der Waals surface area contributed by atoms with Gasteiger partial charge < -0.3 is 5.32 Å². The summed E-state index contributed by atoms with van der Waals surface area (Å²) in [7, 11) is 0. The largest absolute Gasteiger partial charge is 0.326 e. The molecule has 0 aromatic heterocycles. The second-order valence-corrected chi connectivity index (χ2v) is 10.4. The minimum atomic E-state index is -0.496. The Hall–Kier alpha value is -2.57. The van der Waals surface area contributed by atoms with E-state index in [0.717, 1.165) is 36.1 Å². The fraction of sp³-hybridized carbons (Fsp3) is 0.370. The molecule has 178 valence electrons. The second kappa shape index (κ2) is 11.2. The molecule has 2 aromatic rings. The van der Waals surface area contributed by atoms with Crippen LogP contribution in [0.2, 0.25) is 5.02 Å². The van der Waals surface area contributed by atoms with Crippen LogP contribution in [0.3, 0.4) is 0 Å². The maximum Gasteiger partial charge on any atom is 0.242 e. The van der Waals surface area contributed by atoms with Crippen LogP contribution in [0.5, 0.6) is 0 Å². The van der Waals surface area contributed by atoms with Gasteiger partial charge in [0.1, 0.15) is 5.25 Å². The number of nitrogens with zero attached hydrogens (tertiary/aromatic N) is 2. The molecule has 1 aliphatic heterocycles. The Labute approximate surface area is 210 Å². The lowest BCUT2D eigenvalue weighted by Gasteiger charge is -2.19. The van der Waals surface area contributed by atoms with Gasteiger partial charge in [0.2, 0.25) is 11.8 Å². The normalized spacial score (nSPS) is 19.4. The molecular weight excluding hydrogens is 466 g/mol. The fourth-order valence-electron chi connectivity index (χ4n) is 4.16. The Kier molecular flexibility index (Phi) is 8.11. The lowest BCUT2D eigenvalue weighted by Crippen LogP contribution is -2.34. The number of carbonyl (C=O) groups is 2. The molecule has 0 bridgehead atoms. The number of hydrogen-bond acceptors (Lipinski definition) is 4. The molecule has 5 nitrogen and oxygen atoms in total. The monoisotopic (exact) mass is 495 g/mol. The van der Waals surface area contributed by atoms with E-state index in [0.29, 0.717) is 22.4 Å². The maximum atomic E-state index is 13.3. The van der Waals surface area contributed by atoms with Gasteiger partial charge in [-0.3, -0.25) is 14.5 Å². The molecule has 1 unspecified atom stereocenters. The third-order valence-corrected chi connectivity index (χ3v) is 7.82. The number of thioether (sulfide) groups is 1. The summed E-state index contributed by atoms with van der Waals surface area (Å²) in [5.41, 5.74) is 4.86. The van der Waals surface area contributed by atoms with E-state index in [2.05, 4.69) is 11.4 Å². The van der Waals surface area contributed by atoms with Gasteiger partial charge in [0.05, 0.1) is 5.69 Å². The predicted octanol–water partition coefficient (Wildman–Crippen LogP) is 6.81. The van der Waals surface area contributed by atoms with Crippen molar-refractivity contribution < 1.29 is 9.59 Å². The van der Waals surface area contributed by atoms with E-state index >= 15 is 0 Å². The molecule has 1 saturated heterocycles. The molecule has 1 N–H and O–H groups in total. The summed E-state index contributed by atoms with van der Waals surface area (Å²) in [4.78, 5) is 32.7. The lowest BCUT2D eigenvalue weighted by atomic mass is 9.97. The van der Waals surface area contributed by atoms with Crippen molar-refractivity contribution in [2.45, 2.75) is 57.6 Å². The first kappa shape index (κ1) is 24.6. The first-order chi connectivity index (χ1) is 16.4. The van der Waals surface area contributed by atoms with E-state index in [1.165, 1.54) is 30.2 Å². The van der Waals surface area contributed by atoms with Gasteiger partial charge in [-0.25, -0.2) is 4.99 Å². The quantitative estimate of drug-likeness (QED) is 0.429.